The van der Waals surface area contributed by atoms with Gasteiger partial charge in [-0.25, -0.2) is 4.79 Å². The van der Waals surface area contributed by atoms with Crippen molar-refractivity contribution in [2.75, 3.05) is 0 Å². The molecule has 0 spiro atoms. The molecule has 2 aromatic rings. The SMILES string of the molecule is O=C(N[C@H](Cc1ccccc1)C(=O)NC1CCCCC1)OCc1ccccc1. The lowest BCUT2D eigenvalue weighted by molar-refractivity contribution is -0.124. The largest absolute Gasteiger partial charge is 0.445 e. The number of benzene rings is 2. The Bertz CT molecular complexity index is 743. The van der Waals surface area contributed by atoms with Crippen molar-refractivity contribution in [1.82, 2.24) is 10.6 Å². The maximum absolute atomic E-state index is 12.8. The molecule has 2 aromatic carbocycles. The van der Waals surface area contributed by atoms with Crippen LogP contribution in [0.3, 0.4) is 0 Å². The van der Waals surface area contributed by atoms with Gasteiger partial charge in [0.2, 0.25) is 5.91 Å². The molecule has 1 saturated carbocycles. The van der Waals surface area contributed by atoms with Gasteiger partial charge in [-0.05, 0) is 24.0 Å². The first-order valence-corrected chi connectivity index (χ1v) is 10.0. The second kappa shape index (κ2) is 10.5. The molecular weight excluding hydrogens is 352 g/mol. The lowest BCUT2D eigenvalue weighted by Gasteiger charge is -2.26. The first-order chi connectivity index (χ1) is 13.7. The number of hydrogen-bond donors (Lipinski definition) is 2. The smallest absolute Gasteiger partial charge is 0.408 e. The number of nitrogens with one attached hydrogen (secondary N) is 2. The van der Waals surface area contributed by atoms with Crippen LogP contribution >= 0.6 is 0 Å². The summed E-state index contributed by atoms with van der Waals surface area (Å²) in [6.07, 6.45) is 5.36. The molecule has 5 nitrogen and oxygen atoms in total. The molecule has 0 bridgehead atoms. The van der Waals surface area contributed by atoms with Crippen LogP contribution < -0.4 is 10.6 Å². The molecule has 28 heavy (non-hydrogen) atoms. The van der Waals surface area contributed by atoms with E-state index in [1.807, 2.05) is 60.7 Å². The zero-order chi connectivity index (χ0) is 19.6. The van der Waals surface area contributed by atoms with Crippen molar-refractivity contribution in [3.05, 3.63) is 71.8 Å². The van der Waals surface area contributed by atoms with Crippen molar-refractivity contribution in [2.24, 2.45) is 0 Å². The molecule has 2 N–H and O–H groups in total. The number of hydrogen-bond acceptors (Lipinski definition) is 3. The summed E-state index contributed by atoms with van der Waals surface area (Å²) < 4.78 is 5.31. The summed E-state index contributed by atoms with van der Waals surface area (Å²) in [5, 5.41) is 5.86. The quantitative estimate of drug-likeness (QED) is 0.764. The van der Waals surface area contributed by atoms with Crippen molar-refractivity contribution in [3.8, 4) is 0 Å². The van der Waals surface area contributed by atoms with Gasteiger partial charge in [0, 0.05) is 12.5 Å². The number of amides is 2. The average Bonchev–Trinajstić information content (AvgIpc) is 2.74. The molecule has 5 heteroatoms. The molecule has 0 aliphatic heterocycles. The number of alkyl carbamates (subject to hydrolysis) is 1. The Morgan fingerprint density at radius 1 is 0.893 bits per heavy atom. The predicted molar refractivity (Wildman–Crippen MR) is 109 cm³/mol. The van der Waals surface area contributed by atoms with E-state index in [2.05, 4.69) is 10.6 Å². The molecule has 0 aromatic heterocycles. The molecule has 1 aliphatic carbocycles. The van der Waals surface area contributed by atoms with Gasteiger partial charge in [-0.2, -0.15) is 0 Å². The third kappa shape index (κ3) is 6.41. The maximum atomic E-state index is 12.8. The molecule has 0 heterocycles. The van der Waals surface area contributed by atoms with Crippen LogP contribution in [-0.4, -0.2) is 24.1 Å². The third-order valence-corrected chi connectivity index (χ3v) is 5.06. The number of ether oxygens (including phenoxy) is 1. The van der Waals surface area contributed by atoms with Crippen LogP contribution in [0.4, 0.5) is 4.79 Å². The maximum Gasteiger partial charge on any atom is 0.408 e. The van der Waals surface area contributed by atoms with Crippen LogP contribution in [0.5, 0.6) is 0 Å². The van der Waals surface area contributed by atoms with Gasteiger partial charge in [0.15, 0.2) is 0 Å². The van der Waals surface area contributed by atoms with E-state index in [-0.39, 0.29) is 18.6 Å². The van der Waals surface area contributed by atoms with Crippen LogP contribution in [0.1, 0.15) is 43.2 Å². The van der Waals surface area contributed by atoms with E-state index in [4.69, 9.17) is 4.74 Å². The number of carbonyl (C=O) groups excluding carboxylic acids is 2. The Labute approximate surface area is 166 Å². The fraction of sp³-hybridized carbons (Fsp3) is 0.391. The van der Waals surface area contributed by atoms with E-state index in [0.717, 1.165) is 36.8 Å². The Balaban J connectivity index is 1.59. The van der Waals surface area contributed by atoms with Gasteiger partial charge in [0.25, 0.3) is 0 Å². The van der Waals surface area contributed by atoms with Crippen molar-refractivity contribution >= 4 is 12.0 Å². The molecule has 0 unspecified atom stereocenters. The van der Waals surface area contributed by atoms with Crippen LogP contribution in [0.25, 0.3) is 0 Å². The molecule has 1 atom stereocenters. The number of carbonyl (C=O) groups is 2. The van der Waals surface area contributed by atoms with Gasteiger partial charge in [-0.3, -0.25) is 4.79 Å². The minimum Gasteiger partial charge on any atom is -0.445 e. The van der Waals surface area contributed by atoms with Crippen molar-refractivity contribution in [3.63, 3.8) is 0 Å². The summed E-state index contributed by atoms with van der Waals surface area (Å²) in [5.74, 6) is -0.146. The number of rotatable bonds is 7. The average molecular weight is 380 g/mol. The molecule has 148 valence electrons. The Hall–Kier alpha value is -2.82. The molecular formula is C23H28N2O3. The summed E-state index contributed by atoms with van der Waals surface area (Å²) in [7, 11) is 0. The summed E-state index contributed by atoms with van der Waals surface area (Å²) in [6, 6.07) is 18.7. The molecule has 0 radical (unpaired) electrons. The normalized spacial score (nSPS) is 15.4. The van der Waals surface area contributed by atoms with Gasteiger partial charge >= 0.3 is 6.09 Å². The molecule has 3 rings (SSSR count). The second-order valence-electron chi connectivity index (χ2n) is 7.29. The van der Waals surface area contributed by atoms with Crippen molar-refractivity contribution < 1.29 is 14.3 Å². The Morgan fingerprint density at radius 2 is 1.50 bits per heavy atom. The molecule has 2 amide bonds. The Kier molecular flexibility index (Phi) is 7.47. The summed E-state index contributed by atoms with van der Waals surface area (Å²) in [4.78, 5) is 25.1. The highest BCUT2D eigenvalue weighted by atomic mass is 16.5. The third-order valence-electron chi connectivity index (χ3n) is 5.06. The fourth-order valence-electron chi connectivity index (χ4n) is 3.51. The first-order valence-electron chi connectivity index (χ1n) is 10.0. The van der Waals surface area contributed by atoms with E-state index >= 15 is 0 Å². The van der Waals surface area contributed by atoms with E-state index in [1.165, 1.54) is 6.42 Å². The minimum absolute atomic E-state index is 0.146. The first kappa shape index (κ1) is 19.9. The highest BCUT2D eigenvalue weighted by molar-refractivity contribution is 5.86. The minimum atomic E-state index is -0.660. The van der Waals surface area contributed by atoms with E-state index < -0.39 is 12.1 Å². The van der Waals surface area contributed by atoms with Crippen LogP contribution in [0.15, 0.2) is 60.7 Å². The molecule has 1 aliphatic rings. The van der Waals surface area contributed by atoms with E-state index in [9.17, 15) is 9.59 Å². The van der Waals surface area contributed by atoms with Gasteiger partial charge in [-0.15, -0.1) is 0 Å². The van der Waals surface area contributed by atoms with Gasteiger partial charge in [-0.1, -0.05) is 79.9 Å². The van der Waals surface area contributed by atoms with Crippen LogP contribution in [0, 0.1) is 0 Å². The van der Waals surface area contributed by atoms with E-state index in [1.54, 1.807) is 0 Å². The standard InChI is InChI=1S/C23H28N2O3/c26-22(24-20-14-8-3-9-15-20)21(16-18-10-4-1-5-11-18)25-23(27)28-17-19-12-6-2-7-13-19/h1-2,4-7,10-13,20-21H,3,8-9,14-17H2,(H,24,26)(H,25,27)/t21-/m1/s1. The fourth-order valence-corrected chi connectivity index (χ4v) is 3.51. The Morgan fingerprint density at radius 3 is 2.14 bits per heavy atom. The second-order valence-corrected chi connectivity index (χ2v) is 7.29. The lowest BCUT2D eigenvalue weighted by atomic mass is 9.95. The molecule has 0 saturated heterocycles. The van der Waals surface area contributed by atoms with Crippen LogP contribution in [0.2, 0.25) is 0 Å². The predicted octanol–water partition coefficient (Wildman–Crippen LogP) is 3.97. The summed E-state index contributed by atoms with van der Waals surface area (Å²) in [5.41, 5.74) is 1.90. The molecule has 1 fully saturated rings. The van der Waals surface area contributed by atoms with Crippen molar-refractivity contribution in [2.45, 2.75) is 57.2 Å². The van der Waals surface area contributed by atoms with Gasteiger partial charge in [0.1, 0.15) is 12.6 Å². The monoisotopic (exact) mass is 380 g/mol. The zero-order valence-corrected chi connectivity index (χ0v) is 16.1. The highest BCUT2D eigenvalue weighted by Crippen LogP contribution is 2.17. The summed E-state index contributed by atoms with van der Waals surface area (Å²) >= 11 is 0. The topological polar surface area (TPSA) is 67.4 Å². The van der Waals surface area contributed by atoms with Gasteiger partial charge < -0.3 is 15.4 Å². The van der Waals surface area contributed by atoms with Crippen LogP contribution in [-0.2, 0) is 22.6 Å². The van der Waals surface area contributed by atoms with Gasteiger partial charge in [0.05, 0.1) is 0 Å². The van der Waals surface area contributed by atoms with Crippen molar-refractivity contribution in [1.29, 1.82) is 0 Å². The lowest BCUT2D eigenvalue weighted by Crippen LogP contribution is -2.51. The zero-order valence-electron chi connectivity index (χ0n) is 16.1. The highest BCUT2D eigenvalue weighted by Gasteiger charge is 2.25. The summed E-state index contributed by atoms with van der Waals surface area (Å²) in [6.45, 7) is 0.176. The van der Waals surface area contributed by atoms with E-state index in [0.29, 0.717) is 6.42 Å².